The van der Waals surface area contributed by atoms with Gasteiger partial charge in [0.2, 0.25) is 5.91 Å². The van der Waals surface area contributed by atoms with Gasteiger partial charge in [-0.2, -0.15) is 0 Å². The zero-order chi connectivity index (χ0) is 13.7. The van der Waals surface area contributed by atoms with Crippen molar-refractivity contribution in [2.24, 2.45) is 0 Å². The molecule has 1 amide bonds. The van der Waals surface area contributed by atoms with Gasteiger partial charge in [-0.3, -0.25) is 4.79 Å². The molecule has 0 fully saturated rings. The third kappa shape index (κ3) is 3.96. The highest BCUT2D eigenvalue weighted by Crippen LogP contribution is 2.12. The zero-order valence-corrected chi connectivity index (χ0v) is 10.8. The number of nitrogens with one attached hydrogen (secondary N) is 1. The van der Waals surface area contributed by atoms with Crippen LogP contribution in [-0.4, -0.2) is 11.0 Å². The van der Waals surface area contributed by atoms with Gasteiger partial charge in [-0.05, 0) is 36.8 Å². The van der Waals surface area contributed by atoms with Crippen molar-refractivity contribution in [2.45, 2.75) is 26.4 Å². The minimum Gasteiger partial charge on any atom is -0.466 e. The number of carbonyl (C=O) groups is 1. The Morgan fingerprint density at radius 1 is 1.32 bits per heavy atom. The van der Waals surface area contributed by atoms with Crippen molar-refractivity contribution < 1.29 is 14.3 Å². The lowest BCUT2D eigenvalue weighted by Crippen LogP contribution is -2.12. The number of aryl methyl sites for hydroxylation is 2. The molecule has 0 aliphatic carbocycles. The number of aliphatic hydroxyl groups is 1. The second-order valence-corrected chi connectivity index (χ2v) is 4.42. The molecule has 19 heavy (non-hydrogen) atoms. The van der Waals surface area contributed by atoms with Crippen LogP contribution in [0.25, 0.3) is 0 Å². The molecule has 1 heterocycles. The first kappa shape index (κ1) is 13.4. The van der Waals surface area contributed by atoms with Crippen LogP contribution in [0.1, 0.15) is 23.5 Å². The van der Waals surface area contributed by atoms with Crippen LogP contribution in [0.2, 0.25) is 0 Å². The van der Waals surface area contributed by atoms with Crippen LogP contribution in [0.3, 0.4) is 0 Å². The highest BCUT2D eigenvalue weighted by atomic mass is 16.3. The summed E-state index contributed by atoms with van der Waals surface area (Å²) in [5, 5.41) is 11.8. The molecule has 2 N–H and O–H groups in total. The predicted octanol–water partition coefficient (Wildman–Crippen LogP) is 2.65. The summed E-state index contributed by atoms with van der Waals surface area (Å²) in [6.07, 6.45) is 0.954. The maximum atomic E-state index is 11.8. The maximum absolute atomic E-state index is 11.8. The number of rotatable bonds is 5. The van der Waals surface area contributed by atoms with E-state index in [4.69, 9.17) is 9.52 Å². The molecule has 0 unspecified atom stereocenters. The highest BCUT2D eigenvalue weighted by molar-refractivity contribution is 5.90. The van der Waals surface area contributed by atoms with Crippen molar-refractivity contribution >= 4 is 11.6 Å². The van der Waals surface area contributed by atoms with Crippen molar-refractivity contribution in [3.8, 4) is 0 Å². The van der Waals surface area contributed by atoms with Gasteiger partial charge in [0.05, 0.1) is 6.61 Å². The van der Waals surface area contributed by atoms with Crippen molar-refractivity contribution in [3.05, 3.63) is 53.5 Å². The highest BCUT2D eigenvalue weighted by Gasteiger charge is 2.05. The van der Waals surface area contributed by atoms with E-state index in [9.17, 15) is 4.79 Å². The molecule has 100 valence electrons. The Labute approximate surface area is 112 Å². The monoisotopic (exact) mass is 259 g/mol. The minimum absolute atomic E-state index is 0.0324. The van der Waals surface area contributed by atoms with Crippen LogP contribution in [0.15, 0.2) is 40.8 Å². The molecule has 2 aromatic rings. The topological polar surface area (TPSA) is 62.5 Å². The fourth-order valence-corrected chi connectivity index (χ4v) is 1.83. The van der Waals surface area contributed by atoms with E-state index in [1.54, 1.807) is 24.3 Å². The fraction of sp³-hybridized carbons (Fsp3) is 0.267. The van der Waals surface area contributed by atoms with Crippen molar-refractivity contribution in [1.29, 1.82) is 0 Å². The van der Waals surface area contributed by atoms with Gasteiger partial charge >= 0.3 is 0 Å². The Hall–Kier alpha value is -2.07. The molecular formula is C15H17NO3. The van der Waals surface area contributed by atoms with Crippen molar-refractivity contribution in [1.82, 2.24) is 0 Å². The standard InChI is InChI=1S/C15H17NO3/c1-11-5-6-14(19-11)7-8-15(18)16-13-4-2-3-12(9-13)10-17/h2-6,9,17H,7-8,10H2,1H3,(H,16,18). The molecule has 0 aliphatic heterocycles. The molecule has 4 nitrogen and oxygen atoms in total. The summed E-state index contributed by atoms with van der Waals surface area (Å²) < 4.78 is 5.41. The lowest BCUT2D eigenvalue weighted by atomic mass is 10.2. The van der Waals surface area contributed by atoms with E-state index in [1.807, 2.05) is 19.1 Å². The van der Waals surface area contributed by atoms with E-state index in [2.05, 4.69) is 5.32 Å². The number of aliphatic hydroxyl groups excluding tert-OH is 1. The van der Waals surface area contributed by atoms with Gasteiger partial charge in [-0.25, -0.2) is 0 Å². The Balaban J connectivity index is 1.86. The molecule has 1 aromatic heterocycles. The van der Waals surface area contributed by atoms with Gasteiger partial charge in [-0.15, -0.1) is 0 Å². The lowest BCUT2D eigenvalue weighted by molar-refractivity contribution is -0.116. The zero-order valence-electron chi connectivity index (χ0n) is 10.8. The molecule has 4 heteroatoms. The van der Waals surface area contributed by atoms with Gasteiger partial charge in [0, 0.05) is 18.5 Å². The normalized spacial score (nSPS) is 10.4. The Bertz CT molecular complexity index is 560. The molecule has 0 saturated heterocycles. The molecule has 0 aliphatic rings. The lowest BCUT2D eigenvalue weighted by Gasteiger charge is -2.05. The third-order valence-electron chi connectivity index (χ3n) is 2.79. The van der Waals surface area contributed by atoms with E-state index in [1.165, 1.54) is 0 Å². The Kier molecular flexibility index (Phi) is 4.36. The molecular weight excluding hydrogens is 242 g/mol. The number of carbonyl (C=O) groups excluding carboxylic acids is 1. The van der Waals surface area contributed by atoms with Crippen molar-refractivity contribution in [3.63, 3.8) is 0 Å². The number of hydrogen-bond acceptors (Lipinski definition) is 3. The fourth-order valence-electron chi connectivity index (χ4n) is 1.83. The van der Waals surface area contributed by atoms with Crippen molar-refractivity contribution in [2.75, 3.05) is 5.32 Å². The first-order valence-electron chi connectivity index (χ1n) is 6.22. The van der Waals surface area contributed by atoms with Crippen LogP contribution in [0.5, 0.6) is 0 Å². The van der Waals surface area contributed by atoms with Gasteiger partial charge in [0.1, 0.15) is 11.5 Å². The van der Waals surface area contributed by atoms with E-state index in [0.29, 0.717) is 18.5 Å². The summed E-state index contributed by atoms with van der Waals surface area (Å²) in [6.45, 7) is 1.85. The van der Waals surface area contributed by atoms with E-state index >= 15 is 0 Å². The summed E-state index contributed by atoms with van der Waals surface area (Å²) in [5.41, 5.74) is 1.48. The van der Waals surface area contributed by atoms with Gasteiger partial charge in [0.25, 0.3) is 0 Å². The third-order valence-corrected chi connectivity index (χ3v) is 2.79. The van der Waals surface area contributed by atoms with Crippen LogP contribution >= 0.6 is 0 Å². The molecule has 0 saturated carbocycles. The number of anilines is 1. The molecule has 0 spiro atoms. The summed E-state index contributed by atoms with van der Waals surface area (Å²) in [6, 6.07) is 10.9. The van der Waals surface area contributed by atoms with Crippen LogP contribution in [-0.2, 0) is 17.8 Å². The van der Waals surface area contributed by atoms with E-state index in [-0.39, 0.29) is 12.5 Å². The summed E-state index contributed by atoms with van der Waals surface area (Å²) in [5.74, 6) is 1.60. The number of furan rings is 1. The number of benzene rings is 1. The second kappa shape index (κ2) is 6.20. The molecule has 1 aromatic carbocycles. The van der Waals surface area contributed by atoms with E-state index in [0.717, 1.165) is 17.1 Å². The van der Waals surface area contributed by atoms with Crippen LogP contribution in [0.4, 0.5) is 5.69 Å². The Morgan fingerprint density at radius 3 is 2.84 bits per heavy atom. The average molecular weight is 259 g/mol. The molecule has 0 radical (unpaired) electrons. The summed E-state index contributed by atoms with van der Waals surface area (Å²) in [7, 11) is 0. The van der Waals surface area contributed by atoms with E-state index < -0.39 is 0 Å². The first-order chi connectivity index (χ1) is 9.17. The molecule has 2 rings (SSSR count). The summed E-state index contributed by atoms with van der Waals surface area (Å²) >= 11 is 0. The van der Waals surface area contributed by atoms with Gasteiger partial charge in [-0.1, -0.05) is 12.1 Å². The van der Waals surface area contributed by atoms with Crippen LogP contribution in [0, 0.1) is 6.92 Å². The predicted molar refractivity (Wildman–Crippen MR) is 72.8 cm³/mol. The first-order valence-corrected chi connectivity index (χ1v) is 6.22. The molecule has 0 bridgehead atoms. The smallest absolute Gasteiger partial charge is 0.224 e. The largest absolute Gasteiger partial charge is 0.466 e. The van der Waals surface area contributed by atoms with Gasteiger partial charge < -0.3 is 14.8 Å². The SMILES string of the molecule is Cc1ccc(CCC(=O)Nc2cccc(CO)c2)o1. The quantitative estimate of drug-likeness (QED) is 0.867. The van der Waals surface area contributed by atoms with Gasteiger partial charge in [0.15, 0.2) is 0 Å². The van der Waals surface area contributed by atoms with Crippen LogP contribution < -0.4 is 5.32 Å². The average Bonchev–Trinajstić information content (AvgIpc) is 2.82. The number of hydrogen-bond donors (Lipinski definition) is 2. The molecule has 0 atom stereocenters. The minimum atomic E-state index is -0.0656. The maximum Gasteiger partial charge on any atom is 0.224 e. The summed E-state index contributed by atoms with van der Waals surface area (Å²) in [4.78, 5) is 11.8. The second-order valence-electron chi connectivity index (χ2n) is 4.42. The number of amides is 1. The Morgan fingerprint density at radius 2 is 2.16 bits per heavy atom.